The smallest absolute Gasteiger partial charge is 0.481 e. The minimum Gasteiger partial charge on any atom is -0.481 e. The number of hydrogen-bond donors (Lipinski definition) is 8. The van der Waals surface area contributed by atoms with Crippen molar-refractivity contribution in [2.75, 3.05) is 18.9 Å². The van der Waals surface area contributed by atoms with E-state index in [1.54, 1.807) is 0 Å². The van der Waals surface area contributed by atoms with Crippen molar-refractivity contribution in [2.45, 2.75) is 68.8 Å². The summed E-state index contributed by atoms with van der Waals surface area (Å²) in [5, 5.41) is 50.4. The van der Waals surface area contributed by atoms with Crippen molar-refractivity contribution in [3.05, 3.63) is 12.7 Å². The summed E-state index contributed by atoms with van der Waals surface area (Å²) in [5.41, 5.74) is 5.99. The van der Waals surface area contributed by atoms with Crippen molar-refractivity contribution in [2.24, 2.45) is 5.92 Å². The zero-order valence-electron chi connectivity index (χ0n) is 26.7. The Balaban J connectivity index is 1.30. The van der Waals surface area contributed by atoms with Crippen LogP contribution in [0.25, 0.3) is 11.2 Å². The van der Waals surface area contributed by atoms with E-state index in [2.05, 4.69) is 28.3 Å². The van der Waals surface area contributed by atoms with Gasteiger partial charge >= 0.3 is 27.6 Å². The molecule has 2 aliphatic rings. The molecule has 2 aromatic rings. The summed E-state index contributed by atoms with van der Waals surface area (Å²) < 4.78 is 85.1. The number of phosphoric ester groups is 2. The molecule has 2 saturated heterocycles. The molecule has 2 aliphatic heterocycles. The number of nitrogen functional groups attached to an aromatic ring is 1. The summed E-state index contributed by atoms with van der Waals surface area (Å²) in [6.07, 6.45) is -18.7. The molecule has 0 aromatic carbocycles. The van der Waals surface area contributed by atoms with E-state index >= 15 is 0 Å². The topological polar surface area (TPSA) is 335 Å². The Morgan fingerprint density at radius 1 is 1.02 bits per heavy atom. The number of hydrogen-bond acceptors (Lipinski definition) is 18. The lowest BCUT2D eigenvalue weighted by Crippen LogP contribution is -2.38. The number of carboxylic acids is 1. The van der Waals surface area contributed by atoms with Crippen LogP contribution in [0.15, 0.2) is 12.7 Å². The molecule has 252 valence electrons. The number of carbonyl (C=O) groups excluding carboxylic acids is 1. The second kappa shape index (κ2) is 14.0. The SMILES string of the molecule is [2H]C([2H])(C(=O)O)C(C)C([2H])([2H])C(=O)O[C@H]1C(O)O[C@H](COP(=O)(O)OP(=O)(O)OC[C@H]2O[C@@H](n3cnc4c(N)ncnc43)[C@H](O)[C@@H]2O)[C@H]1O. The molecule has 2 fully saturated rings. The van der Waals surface area contributed by atoms with Crippen molar-refractivity contribution in [1.29, 1.82) is 0 Å². The predicted molar refractivity (Wildman–Crippen MR) is 141 cm³/mol. The van der Waals surface area contributed by atoms with E-state index in [0.29, 0.717) is 0 Å². The summed E-state index contributed by atoms with van der Waals surface area (Å²) in [6.45, 7) is -1.41. The molecule has 45 heavy (non-hydrogen) atoms. The molecule has 4 rings (SSSR count). The number of aromatic nitrogens is 4. The number of phosphoric acid groups is 2. The molecule has 0 radical (unpaired) electrons. The Labute approximate surface area is 258 Å². The Morgan fingerprint density at radius 3 is 2.27 bits per heavy atom. The first-order chi connectivity index (χ1) is 22.5. The third-order valence-corrected chi connectivity index (χ3v) is 8.84. The largest absolute Gasteiger partial charge is 0.481 e. The number of rotatable bonds is 14. The van der Waals surface area contributed by atoms with Gasteiger partial charge in [-0.05, 0) is 5.92 Å². The zero-order valence-corrected chi connectivity index (χ0v) is 24.5. The maximum atomic E-state index is 12.4. The number of imidazole rings is 1. The lowest BCUT2D eigenvalue weighted by molar-refractivity contribution is -0.173. The van der Waals surface area contributed by atoms with Crippen LogP contribution in [0.1, 0.15) is 31.4 Å². The maximum absolute atomic E-state index is 12.4. The van der Waals surface area contributed by atoms with Gasteiger partial charge in [-0.15, -0.1) is 0 Å². The number of aliphatic hydroxyl groups is 4. The maximum Gasteiger partial charge on any atom is 0.481 e. The molecule has 4 unspecified atom stereocenters. The number of ether oxygens (including phenoxy) is 3. The number of anilines is 1. The molecule has 0 amide bonds. The Bertz CT molecular complexity index is 1660. The predicted octanol–water partition coefficient (Wildman–Crippen LogP) is -2.23. The van der Waals surface area contributed by atoms with Crippen LogP contribution in [0, 0.1) is 5.92 Å². The number of aliphatic carboxylic acids is 1. The van der Waals surface area contributed by atoms with Gasteiger partial charge in [0.2, 0.25) is 0 Å². The van der Waals surface area contributed by atoms with E-state index in [4.69, 9.17) is 30.5 Å². The fraction of sp³-hybridized carbons (Fsp3) is 0.667. The van der Waals surface area contributed by atoms with Crippen molar-refractivity contribution in [1.82, 2.24) is 19.5 Å². The average molecular weight is 691 g/mol. The van der Waals surface area contributed by atoms with Crippen LogP contribution >= 0.6 is 15.6 Å². The van der Waals surface area contributed by atoms with Crippen LogP contribution in [0.2, 0.25) is 0 Å². The highest BCUT2D eigenvalue weighted by Crippen LogP contribution is 2.60. The molecular formula is C21H31N5O17P2. The highest BCUT2D eigenvalue weighted by Gasteiger charge is 2.48. The van der Waals surface area contributed by atoms with Crippen LogP contribution in [0.5, 0.6) is 0 Å². The highest BCUT2D eigenvalue weighted by molar-refractivity contribution is 7.61. The molecular weight excluding hydrogens is 656 g/mol. The molecule has 0 aliphatic carbocycles. The monoisotopic (exact) mass is 691 g/mol. The summed E-state index contributed by atoms with van der Waals surface area (Å²) in [4.78, 5) is 55.3. The van der Waals surface area contributed by atoms with Gasteiger partial charge < -0.3 is 55.3 Å². The van der Waals surface area contributed by atoms with Crippen LogP contribution in [-0.2, 0) is 46.3 Å². The number of carboxylic acid groups (broad SMARTS) is 1. The number of carbonyl (C=O) groups is 2. The lowest BCUT2D eigenvalue weighted by atomic mass is 10.0. The van der Waals surface area contributed by atoms with E-state index in [9.17, 15) is 48.9 Å². The van der Waals surface area contributed by atoms with Gasteiger partial charge in [0, 0.05) is 18.2 Å². The number of aliphatic hydroxyl groups excluding tert-OH is 4. The minimum atomic E-state index is -5.57. The van der Waals surface area contributed by atoms with Crippen molar-refractivity contribution in [3.63, 3.8) is 0 Å². The second-order valence-corrected chi connectivity index (χ2v) is 12.5. The van der Waals surface area contributed by atoms with Crippen LogP contribution < -0.4 is 5.73 Å². The van der Waals surface area contributed by atoms with Crippen LogP contribution in [0.3, 0.4) is 0 Å². The van der Waals surface area contributed by atoms with E-state index in [1.807, 2.05) is 0 Å². The van der Waals surface area contributed by atoms with E-state index in [0.717, 1.165) is 13.3 Å². The fourth-order valence-corrected chi connectivity index (χ4v) is 6.30. The van der Waals surface area contributed by atoms with E-state index < -0.39 is 109 Å². The standard InChI is InChI=1S/C21H31N5O17P2/c1-8(2-11(27)28)3-12(29)42-17-15(31)10(41-21(17)33)5-39-45(36,37)43-44(34,35)38-4-9-14(30)16(32)20(40-9)26-7-25-13-18(22)23-6-24-19(13)26/h6-10,14-17,20-21,30-33H,2-5H2,1H3,(H,27,28)(H,34,35)(H,36,37)(H2,22,23,24)/t8?,9-,10-,14-,15-,16-,17-,20-,21?/m1/s1/i2D2,3D2. The fourth-order valence-electron chi connectivity index (χ4n) is 4.20. The second-order valence-electron chi connectivity index (χ2n) is 9.48. The summed E-state index contributed by atoms with van der Waals surface area (Å²) in [5.74, 6) is -6.09. The molecule has 0 saturated carbocycles. The molecule has 2 aromatic heterocycles. The molecule has 11 atom stereocenters. The van der Waals surface area contributed by atoms with Gasteiger partial charge in [0.25, 0.3) is 0 Å². The normalized spacial score (nSPS) is 33.8. The first kappa shape index (κ1) is 29.7. The van der Waals surface area contributed by atoms with Gasteiger partial charge in [-0.3, -0.25) is 23.2 Å². The average Bonchev–Trinajstić information content (AvgIpc) is 3.64. The summed E-state index contributed by atoms with van der Waals surface area (Å²) >= 11 is 0. The highest BCUT2D eigenvalue weighted by atomic mass is 31.3. The molecule has 0 bridgehead atoms. The first-order valence-corrected chi connectivity index (χ1v) is 15.6. The zero-order chi connectivity index (χ0) is 36.9. The number of esters is 1. The minimum absolute atomic E-state index is 0.00930. The summed E-state index contributed by atoms with van der Waals surface area (Å²) in [7, 11) is -11.1. The Kier molecular flexibility index (Phi) is 9.22. The first-order valence-electron chi connectivity index (χ1n) is 14.6. The number of nitrogens with two attached hydrogens (primary N) is 1. The molecule has 4 heterocycles. The van der Waals surface area contributed by atoms with Gasteiger partial charge in [-0.1, -0.05) is 6.92 Å². The van der Waals surface area contributed by atoms with Crippen LogP contribution in [0.4, 0.5) is 5.82 Å². The van der Waals surface area contributed by atoms with Crippen molar-refractivity contribution >= 4 is 44.6 Å². The number of nitrogens with zero attached hydrogens (tertiary/aromatic N) is 4. The lowest BCUT2D eigenvalue weighted by Gasteiger charge is -2.21. The van der Waals surface area contributed by atoms with Gasteiger partial charge in [0.1, 0.15) is 42.4 Å². The van der Waals surface area contributed by atoms with Gasteiger partial charge in [-0.25, -0.2) is 24.1 Å². The van der Waals surface area contributed by atoms with Crippen molar-refractivity contribution < 1.29 is 87.1 Å². The summed E-state index contributed by atoms with van der Waals surface area (Å²) in [6, 6.07) is 0. The molecule has 22 nitrogen and oxygen atoms in total. The Hall–Kier alpha value is -2.69. The van der Waals surface area contributed by atoms with E-state index in [1.165, 1.54) is 10.9 Å². The van der Waals surface area contributed by atoms with Gasteiger partial charge in [0.15, 0.2) is 30.1 Å². The van der Waals surface area contributed by atoms with Gasteiger partial charge in [0.05, 0.1) is 19.5 Å². The molecule has 24 heteroatoms. The third-order valence-electron chi connectivity index (χ3n) is 6.24. The Morgan fingerprint density at radius 2 is 1.64 bits per heavy atom. The van der Waals surface area contributed by atoms with E-state index in [-0.39, 0.29) is 17.0 Å². The third kappa shape index (κ3) is 8.57. The van der Waals surface area contributed by atoms with Gasteiger partial charge in [-0.2, -0.15) is 4.31 Å². The van der Waals surface area contributed by atoms with Crippen LogP contribution in [-0.4, -0.2) is 123 Å². The molecule has 0 spiro atoms. The quantitative estimate of drug-likeness (QED) is 0.0767. The van der Waals surface area contributed by atoms with Crippen molar-refractivity contribution in [3.8, 4) is 0 Å². The molecule has 9 N–H and O–H groups in total. The number of fused-ring (bicyclic) bond motifs is 1.